The van der Waals surface area contributed by atoms with E-state index in [4.69, 9.17) is 4.74 Å². The molecule has 0 spiro atoms. The number of pyridine rings is 1. The lowest BCUT2D eigenvalue weighted by Crippen LogP contribution is -2.24. The molecule has 2 N–H and O–H groups in total. The van der Waals surface area contributed by atoms with Crippen LogP contribution in [0.4, 0.5) is 5.69 Å². The summed E-state index contributed by atoms with van der Waals surface area (Å²) in [5.41, 5.74) is 6.76. The normalized spacial score (nSPS) is 11.0. The number of carbonyl (C=O) groups excluding carboxylic acids is 2. The number of rotatable bonds is 7. The van der Waals surface area contributed by atoms with Gasteiger partial charge in [-0.3, -0.25) is 14.6 Å². The second kappa shape index (κ2) is 10.2. The number of aryl methyl sites for hydroxylation is 1. The molecule has 2 aromatic carbocycles. The summed E-state index contributed by atoms with van der Waals surface area (Å²) in [4.78, 5) is 29.0. The van der Waals surface area contributed by atoms with Gasteiger partial charge in [-0.05, 0) is 62.2 Å². The molecule has 1 heterocycles. The van der Waals surface area contributed by atoms with Gasteiger partial charge in [0.15, 0.2) is 6.61 Å². The fourth-order valence-electron chi connectivity index (χ4n) is 2.85. The number of carbonyl (C=O) groups is 2. The molecule has 0 atom stereocenters. The van der Waals surface area contributed by atoms with Crippen LogP contribution in [0.15, 0.2) is 72.1 Å². The van der Waals surface area contributed by atoms with Crippen molar-refractivity contribution in [2.75, 3.05) is 11.9 Å². The van der Waals surface area contributed by atoms with Gasteiger partial charge in [-0.15, -0.1) is 0 Å². The highest BCUT2D eigenvalue weighted by atomic mass is 16.5. The zero-order chi connectivity index (χ0) is 22.2. The summed E-state index contributed by atoms with van der Waals surface area (Å²) in [6, 6.07) is 16.0. The second-order valence-electron chi connectivity index (χ2n) is 6.95. The SMILES string of the molecule is C/C(=N\NC(=O)c1ccccc1NC(=O)COc1cccc(C)c1C)c1ccncc1. The Kier molecular flexibility index (Phi) is 7.11. The van der Waals surface area contributed by atoms with Crippen LogP contribution in [0.3, 0.4) is 0 Å². The van der Waals surface area contributed by atoms with E-state index < -0.39 is 5.91 Å². The molecule has 0 saturated heterocycles. The van der Waals surface area contributed by atoms with Crippen molar-refractivity contribution in [1.29, 1.82) is 0 Å². The lowest BCUT2D eigenvalue weighted by molar-refractivity contribution is -0.118. The summed E-state index contributed by atoms with van der Waals surface area (Å²) in [5, 5.41) is 6.87. The Balaban J connectivity index is 1.65. The minimum absolute atomic E-state index is 0.167. The summed E-state index contributed by atoms with van der Waals surface area (Å²) in [6.07, 6.45) is 3.31. The zero-order valence-electron chi connectivity index (χ0n) is 17.7. The van der Waals surface area contributed by atoms with Gasteiger partial charge in [-0.25, -0.2) is 5.43 Å². The third-order valence-electron chi connectivity index (χ3n) is 4.78. The van der Waals surface area contributed by atoms with Crippen LogP contribution in [0.5, 0.6) is 5.75 Å². The maximum absolute atomic E-state index is 12.6. The van der Waals surface area contributed by atoms with E-state index in [-0.39, 0.29) is 12.5 Å². The molecule has 158 valence electrons. The Bertz CT molecular complexity index is 1110. The molecule has 31 heavy (non-hydrogen) atoms. The summed E-state index contributed by atoms with van der Waals surface area (Å²) in [5.74, 6) is -0.139. The standard InChI is InChI=1S/C24H24N4O3/c1-16-7-6-10-22(17(16)2)31-15-23(29)26-21-9-5-4-8-20(21)24(30)28-27-18(3)19-11-13-25-14-12-19/h4-14H,15H2,1-3H3,(H,26,29)(H,28,30)/b27-18+. The molecular weight excluding hydrogens is 392 g/mol. The Morgan fingerprint density at radius 3 is 2.52 bits per heavy atom. The van der Waals surface area contributed by atoms with Crippen LogP contribution in [0, 0.1) is 13.8 Å². The summed E-state index contributed by atoms with van der Waals surface area (Å²) in [6.45, 7) is 5.54. The molecule has 0 unspecified atom stereocenters. The largest absolute Gasteiger partial charge is 0.483 e. The molecule has 7 heteroatoms. The number of nitrogens with one attached hydrogen (secondary N) is 2. The van der Waals surface area contributed by atoms with Crippen LogP contribution in [0.25, 0.3) is 0 Å². The molecule has 7 nitrogen and oxygen atoms in total. The first-order valence-electron chi connectivity index (χ1n) is 9.78. The van der Waals surface area contributed by atoms with E-state index in [1.165, 1.54) is 0 Å². The Morgan fingerprint density at radius 1 is 1.00 bits per heavy atom. The Hall–Kier alpha value is -4.00. The number of amides is 2. The van der Waals surface area contributed by atoms with Crippen LogP contribution >= 0.6 is 0 Å². The fourth-order valence-corrected chi connectivity index (χ4v) is 2.85. The molecule has 0 aliphatic heterocycles. The summed E-state index contributed by atoms with van der Waals surface area (Å²) in [7, 11) is 0. The molecule has 1 aromatic heterocycles. The molecule has 3 aromatic rings. The van der Waals surface area contributed by atoms with Gasteiger partial charge >= 0.3 is 0 Å². The second-order valence-corrected chi connectivity index (χ2v) is 6.95. The summed E-state index contributed by atoms with van der Waals surface area (Å²) >= 11 is 0. The molecule has 0 aliphatic rings. The highest BCUT2D eigenvalue weighted by molar-refractivity contribution is 6.05. The van der Waals surface area contributed by atoms with Crippen molar-refractivity contribution in [2.45, 2.75) is 20.8 Å². The minimum Gasteiger partial charge on any atom is -0.483 e. The smallest absolute Gasteiger partial charge is 0.273 e. The number of para-hydroxylation sites is 1. The lowest BCUT2D eigenvalue weighted by Gasteiger charge is -2.13. The number of ether oxygens (including phenoxy) is 1. The quantitative estimate of drug-likeness (QED) is 0.452. The predicted molar refractivity (Wildman–Crippen MR) is 120 cm³/mol. The molecule has 0 aliphatic carbocycles. The van der Waals surface area contributed by atoms with Crippen LogP contribution in [0.1, 0.15) is 34.0 Å². The van der Waals surface area contributed by atoms with Crippen molar-refractivity contribution in [3.63, 3.8) is 0 Å². The van der Waals surface area contributed by atoms with Gasteiger partial charge in [0.05, 0.1) is 17.0 Å². The molecule has 0 saturated carbocycles. The van der Waals surface area contributed by atoms with Gasteiger partial charge < -0.3 is 10.1 Å². The molecule has 2 amide bonds. The van der Waals surface area contributed by atoms with Gasteiger partial charge in [0, 0.05) is 18.0 Å². The Labute approximate surface area is 181 Å². The van der Waals surface area contributed by atoms with Crippen molar-refractivity contribution in [2.24, 2.45) is 5.10 Å². The third-order valence-corrected chi connectivity index (χ3v) is 4.78. The van der Waals surface area contributed by atoms with Crippen molar-refractivity contribution < 1.29 is 14.3 Å². The van der Waals surface area contributed by atoms with E-state index in [2.05, 4.69) is 20.8 Å². The molecule has 0 fully saturated rings. The molecule has 0 radical (unpaired) electrons. The van der Waals surface area contributed by atoms with Gasteiger partial charge in [-0.1, -0.05) is 24.3 Å². The van der Waals surface area contributed by atoms with Gasteiger partial charge in [0.1, 0.15) is 5.75 Å². The topological polar surface area (TPSA) is 92.7 Å². The predicted octanol–water partition coefficient (Wildman–Crippen LogP) is 3.87. The van der Waals surface area contributed by atoms with Gasteiger partial charge in [0.2, 0.25) is 0 Å². The van der Waals surface area contributed by atoms with Crippen LogP contribution in [0.2, 0.25) is 0 Å². The van der Waals surface area contributed by atoms with Crippen molar-refractivity contribution >= 4 is 23.2 Å². The van der Waals surface area contributed by atoms with E-state index in [1.54, 1.807) is 55.7 Å². The number of benzene rings is 2. The third kappa shape index (κ3) is 5.76. The van der Waals surface area contributed by atoms with E-state index in [1.807, 2.05) is 32.0 Å². The monoisotopic (exact) mass is 416 g/mol. The highest BCUT2D eigenvalue weighted by Gasteiger charge is 2.14. The van der Waals surface area contributed by atoms with Crippen LogP contribution < -0.4 is 15.5 Å². The Morgan fingerprint density at radius 2 is 1.74 bits per heavy atom. The molecular formula is C24H24N4O3. The maximum Gasteiger partial charge on any atom is 0.273 e. The lowest BCUT2D eigenvalue weighted by atomic mass is 10.1. The minimum atomic E-state index is -0.431. The first-order chi connectivity index (χ1) is 15.0. The van der Waals surface area contributed by atoms with E-state index in [9.17, 15) is 9.59 Å². The average Bonchev–Trinajstić information content (AvgIpc) is 2.79. The number of hydrazone groups is 1. The highest BCUT2D eigenvalue weighted by Crippen LogP contribution is 2.21. The first-order valence-corrected chi connectivity index (χ1v) is 9.78. The van der Waals surface area contributed by atoms with Crippen molar-refractivity contribution in [1.82, 2.24) is 10.4 Å². The fraction of sp³-hybridized carbons (Fsp3) is 0.167. The van der Waals surface area contributed by atoms with Crippen molar-refractivity contribution in [3.8, 4) is 5.75 Å². The van der Waals surface area contributed by atoms with Crippen molar-refractivity contribution in [3.05, 3.63) is 89.2 Å². The van der Waals surface area contributed by atoms with Gasteiger partial charge in [-0.2, -0.15) is 5.10 Å². The van der Waals surface area contributed by atoms with Crippen LogP contribution in [-0.4, -0.2) is 29.1 Å². The number of aromatic nitrogens is 1. The number of hydrogen-bond donors (Lipinski definition) is 2. The van der Waals surface area contributed by atoms with E-state index >= 15 is 0 Å². The summed E-state index contributed by atoms with van der Waals surface area (Å²) < 4.78 is 5.64. The number of nitrogens with zero attached hydrogens (tertiary/aromatic N) is 2. The first kappa shape index (κ1) is 21.7. The van der Waals surface area contributed by atoms with Crippen LogP contribution in [-0.2, 0) is 4.79 Å². The average molecular weight is 416 g/mol. The number of hydrogen-bond acceptors (Lipinski definition) is 5. The maximum atomic E-state index is 12.6. The van der Waals surface area contributed by atoms with Gasteiger partial charge in [0.25, 0.3) is 11.8 Å². The van der Waals surface area contributed by atoms with E-state index in [0.29, 0.717) is 22.7 Å². The van der Waals surface area contributed by atoms with E-state index in [0.717, 1.165) is 16.7 Å². The zero-order valence-corrected chi connectivity index (χ0v) is 17.7. The molecule has 0 bridgehead atoms. The molecule has 3 rings (SSSR count). The number of anilines is 1.